The minimum atomic E-state index is -0.0339. The van der Waals surface area contributed by atoms with Gasteiger partial charge in [0.2, 0.25) is 5.89 Å². The SMILES string of the molecule is CN=C(NCCCn1ccc2ccccc21)NCc1ncc(C(C)(C)C)o1.I. The molecular weight excluding hydrogens is 465 g/mol. The third kappa shape index (κ3) is 5.73. The zero-order valence-electron chi connectivity index (χ0n) is 17.0. The summed E-state index contributed by atoms with van der Waals surface area (Å²) in [5, 5.41) is 7.87. The molecule has 3 aromatic rings. The zero-order chi connectivity index (χ0) is 19.3. The van der Waals surface area contributed by atoms with Crippen LogP contribution < -0.4 is 10.6 Å². The molecule has 3 rings (SSSR count). The number of oxazole rings is 1. The Kier molecular flexibility index (Phi) is 7.91. The highest BCUT2D eigenvalue weighted by atomic mass is 127. The predicted molar refractivity (Wildman–Crippen MR) is 125 cm³/mol. The van der Waals surface area contributed by atoms with E-state index in [0.29, 0.717) is 12.4 Å². The molecule has 0 amide bonds. The standard InChI is InChI=1S/C21H29N5O.HI/c1-21(2,3)18-14-24-19(27-18)15-25-20(22-4)23-11-7-12-26-13-10-16-8-5-6-9-17(16)26;/h5-6,8-10,13-14H,7,11-12,15H2,1-4H3,(H2,22,23,25);1H. The molecule has 0 aliphatic rings. The van der Waals surface area contributed by atoms with Crippen LogP contribution in [0, 0.1) is 0 Å². The molecule has 0 unspecified atom stereocenters. The Hall–Kier alpha value is -2.03. The highest BCUT2D eigenvalue weighted by Crippen LogP contribution is 2.22. The lowest BCUT2D eigenvalue weighted by Crippen LogP contribution is -2.37. The first-order valence-electron chi connectivity index (χ1n) is 9.41. The van der Waals surface area contributed by atoms with Crippen LogP contribution >= 0.6 is 24.0 Å². The van der Waals surface area contributed by atoms with Gasteiger partial charge in [-0.1, -0.05) is 39.0 Å². The van der Waals surface area contributed by atoms with Gasteiger partial charge in [0.25, 0.3) is 0 Å². The number of aryl methyl sites for hydroxylation is 1. The van der Waals surface area contributed by atoms with Crippen molar-refractivity contribution in [3.63, 3.8) is 0 Å². The maximum absolute atomic E-state index is 5.80. The van der Waals surface area contributed by atoms with E-state index in [0.717, 1.165) is 31.2 Å². The van der Waals surface area contributed by atoms with Gasteiger partial charge < -0.3 is 19.6 Å². The molecule has 6 nitrogen and oxygen atoms in total. The Bertz CT molecular complexity index is 907. The summed E-state index contributed by atoms with van der Waals surface area (Å²) in [7, 11) is 1.77. The van der Waals surface area contributed by atoms with Crippen molar-refractivity contribution >= 4 is 40.8 Å². The quantitative estimate of drug-likeness (QED) is 0.232. The van der Waals surface area contributed by atoms with Crippen molar-refractivity contribution < 1.29 is 4.42 Å². The molecule has 2 aromatic heterocycles. The first-order valence-corrected chi connectivity index (χ1v) is 9.41. The first kappa shape index (κ1) is 22.3. The molecular formula is C21H30IN5O. The van der Waals surface area contributed by atoms with E-state index < -0.39 is 0 Å². The fourth-order valence-corrected chi connectivity index (χ4v) is 2.91. The lowest BCUT2D eigenvalue weighted by Gasteiger charge is -2.13. The van der Waals surface area contributed by atoms with Crippen LogP contribution in [0.2, 0.25) is 0 Å². The highest BCUT2D eigenvalue weighted by molar-refractivity contribution is 14.0. The molecule has 0 bridgehead atoms. The lowest BCUT2D eigenvalue weighted by molar-refractivity contribution is 0.379. The van der Waals surface area contributed by atoms with Crippen LogP contribution in [0.1, 0.15) is 38.8 Å². The van der Waals surface area contributed by atoms with E-state index in [1.807, 2.05) is 0 Å². The summed E-state index contributed by atoms with van der Waals surface area (Å²) < 4.78 is 8.08. The summed E-state index contributed by atoms with van der Waals surface area (Å²) in [6.07, 6.45) is 4.95. The van der Waals surface area contributed by atoms with Crippen molar-refractivity contribution in [3.8, 4) is 0 Å². The second-order valence-electron chi connectivity index (χ2n) is 7.64. The Balaban J connectivity index is 0.00000280. The van der Waals surface area contributed by atoms with E-state index in [1.165, 1.54) is 10.9 Å². The van der Waals surface area contributed by atoms with Crippen molar-refractivity contribution in [1.82, 2.24) is 20.2 Å². The summed E-state index contributed by atoms with van der Waals surface area (Å²) >= 11 is 0. The van der Waals surface area contributed by atoms with Crippen LogP contribution in [0.5, 0.6) is 0 Å². The van der Waals surface area contributed by atoms with E-state index in [4.69, 9.17) is 4.42 Å². The molecule has 152 valence electrons. The maximum atomic E-state index is 5.80. The van der Waals surface area contributed by atoms with Crippen LogP contribution in [0.3, 0.4) is 0 Å². The number of fused-ring (bicyclic) bond motifs is 1. The number of para-hydroxylation sites is 1. The number of aromatic nitrogens is 2. The predicted octanol–water partition coefficient (Wildman–Crippen LogP) is 4.30. The fraction of sp³-hybridized carbons (Fsp3) is 0.429. The number of hydrogen-bond donors (Lipinski definition) is 2. The van der Waals surface area contributed by atoms with E-state index in [9.17, 15) is 0 Å². The van der Waals surface area contributed by atoms with Gasteiger partial charge in [-0.2, -0.15) is 0 Å². The number of rotatable bonds is 6. The Labute approximate surface area is 183 Å². The number of aliphatic imine (C=N–C) groups is 1. The summed E-state index contributed by atoms with van der Waals surface area (Å²) in [4.78, 5) is 8.59. The zero-order valence-corrected chi connectivity index (χ0v) is 19.4. The molecule has 0 atom stereocenters. The lowest BCUT2D eigenvalue weighted by atomic mass is 9.94. The normalized spacial score (nSPS) is 12.1. The molecule has 28 heavy (non-hydrogen) atoms. The number of nitrogens with zero attached hydrogens (tertiary/aromatic N) is 3. The van der Waals surface area contributed by atoms with Crippen molar-refractivity contribution in [2.24, 2.45) is 4.99 Å². The molecule has 0 saturated heterocycles. The van der Waals surface area contributed by atoms with Gasteiger partial charge in [0.05, 0.1) is 12.7 Å². The average Bonchev–Trinajstić information content (AvgIpc) is 3.28. The topological polar surface area (TPSA) is 67.4 Å². The second-order valence-corrected chi connectivity index (χ2v) is 7.64. The monoisotopic (exact) mass is 495 g/mol. The van der Waals surface area contributed by atoms with Crippen LogP contribution in [-0.2, 0) is 18.5 Å². The van der Waals surface area contributed by atoms with Gasteiger partial charge >= 0.3 is 0 Å². The van der Waals surface area contributed by atoms with Gasteiger partial charge in [0.15, 0.2) is 5.96 Å². The highest BCUT2D eigenvalue weighted by Gasteiger charge is 2.19. The third-order valence-electron chi connectivity index (χ3n) is 4.47. The second kappa shape index (κ2) is 9.95. The van der Waals surface area contributed by atoms with Gasteiger partial charge in [0, 0.05) is 37.3 Å². The van der Waals surface area contributed by atoms with Gasteiger partial charge in [-0.15, -0.1) is 24.0 Å². The number of halogens is 1. The molecule has 0 aliphatic carbocycles. The van der Waals surface area contributed by atoms with Crippen molar-refractivity contribution in [3.05, 3.63) is 54.4 Å². The molecule has 0 fully saturated rings. The molecule has 0 radical (unpaired) electrons. The largest absolute Gasteiger partial charge is 0.443 e. The number of hydrogen-bond acceptors (Lipinski definition) is 3. The van der Waals surface area contributed by atoms with Crippen LogP contribution in [0.4, 0.5) is 0 Å². The van der Waals surface area contributed by atoms with E-state index in [2.05, 4.69) is 82.5 Å². The Morgan fingerprint density at radius 1 is 1.18 bits per heavy atom. The van der Waals surface area contributed by atoms with Crippen molar-refractivity contribution in [1.29, 1.82) is 0 Å². The molecule has 2 heterocycles. The van der Waals surface area contributed by atoms with E-state index in [-0.39, 0.29) is 29.4 Å². The molecule has 0 aliphatic heterocycles. The molecule has 7 heteroatoms. The first-order chi connectivity index (χ1) is 13.0. The fourth-order valence-electron chi connectivity index (χ4n) is 2.91. The van der Waals surface area contributed by atoms with E-state index in [1.54, 1.807) is 13.2 Å². The summed E-state index contributed by atoms with van der Waals surface area (Å²) in [6.45, 7) is 8.65. The third-order valence-corrected chi connectivity index (χ3v) is 4.47. The van der Waals surface area contributed by atoms with Crippen LogP contribution in [0.25, 0.3) is 10.9 Å². The summed E-state index contributed by atoms with van der Waals surface area (Å²) in [5.41, 5.74) is 1.24. The number of guanidine groups is 1. The number of nitrogens with one attached hydrogen (secondary N) is 2. The molecule has 0 spiro atoms. The van der Waals surface area contributed by atoms with Gasteiger partial charge in [-0.05, 0) is 23.9 Å². The van der Waals surface area contributed by atoms with Crippen molar-refractivity contribution in [2.75, 3.05) is 13.6 Å². The van der Waals surface area contributed by atoms with Gasteiger partial charge in [0.1, 0.15) is 5.76 Å². The number of benzene rings is 1. The van der Waals surface area contributed by atoms with Crippen molar-refractivity contribution in [2.45, 2.75) is 45.7 Å². The molecule has 2 N–H and O–H groups in total. The van der Waals surface area contributed by atoms with E-state index >= 15 is 0 Å². The maximum Gasteiger partial charge on any atom is 0.213 e. The molecule has 0 saturated carbocycles. The van der Waals surface area contributed by atoms with Crippen LogP contribution in [-0.4, -0.2) is 29.1 Å². The minimum absolute atomic E-state index is 0. The Morgan fingerprint density at radius 2 is 1.96 bits per heavy atom. The van der Waals surface area contributed by atoms with Gasteiger partial charge in [-0.3, -0.25) is 4.99 Å². The van der Waals surface area contributed by atoms with Crippen LogP contribution in [0.15, 0.2) is 52.1 Å². The minimum Gasteiger partial charge on any atom is -0.443 e. The van der Waals surface area contributed by atoms with Gasteiger partial charge in [-0.25, -0.2) is 4.98 Å². The smallest absolute Gasteiger partial charge is 0.213 e. The summed E-state index contributed by atoms with van der Waals surface area (Å²) in [6, 6.07) is 10.6. The summed E-state index contributed by atoms with van der Waals surface area (Å²) in [5.74, 6) is 2.31. The molecule has 1 aromatic carbocycles. The average molecular weight is 495 g/mol. The Morgan fingerprint density at radius 3 is 2.68 bits per heavy atom.